The number of para-hydroxylation sites is 1. The Morgan fingerprint density at radius 3 is 2.50 bits per heavy atom. The molecule has 1 aromatic carbocycles. The van der Waals surface area contributed by atoms with Crippen LogP contribution < -0.4 is 10.1 Å². The molecule has 0 bridgehead atoms. The maximum atomic E-state index is 9.87. The molecule has 0 saturated heterocycles. The van der Waals surface area contributed by atoms with Crippen LogP contribution in [0.25, 0.3) is 0 Å². The number of nitrogens with one attached hydrogen (secondary N) is 1. The van der Waals surface area contributed by atoms with Gasteiger partial charge in [-0.25, -0.2) is 0 Å². The van der Waals surface area contributed by atoms with E-state index < -0.39 is 6.10 Å². The smallest absolute Gasteiger partial charge is 0.125 e. The number of rotatable bonds is 10. The summed E-state index contributed by atoms with van der Waals surface area (Å²) in [5, 5.41) is 21.7. The van der Waals surface area contributed by atoms with Crippen LogP contribution in [0.5, 0.6) is 5.75 Å². The fourth-order valence-electron chi connectivity index (χ4n) is 2.07. The van der Waals surface area contributed by atoms with E-state index in [1.807, 2.05) is 32.0 Å². The normalized spacial score (nSPS) is 12.4. The molecule has 0 saturated carbocycles. The molecule has 0 aliphatic heterocycles. The maximum absolute atomic E-state index is 9.87. The van der Waals surface area contributed by atoms with E-state index in [0.717, 1.165) is 42.7 Å². The van der Waals surface area contributed by atoms with E-state index in [1.165, 1.54) is 0 Å². The first-order chi connectivity index (χ1) is 9.65. The second-order valence-corrected chi connectivity index (χ2v) is 5.17. The minimum Gasteiger partial charge on any atom is -0.490 e. The molecular formula is C16H27NO3. The number of hydrogen-bond acceptors (Lipinski definition) is 4. The van der Waals surface area contributed by atoms with Gasteiger partial charge in [-0.1, -0.05) is 18.2 Å². The lowest BCUT2D eigenvalue weighted by Gasteiger charge is -2.16. The second kappa shape index (κ2) is 9.75. The third-order valence-electron chi connectivity index (χ3n) is 3.22. The van der Waals surface area contributed by atoms with Crippen LogP contribution in [-0.4, -0.2) is 42.6 Å². The summed E-state index contributed by atoms with van der Waals surface area (Å²) < 4.78 is 5.70. The average molecular weight is 281 g/mol. The molecule has 0 spiro atoms. The number of aryl methyl sites for hydroxylation is 2. The quantitative estimate of drug-likeness (QED) is 0.572. The zero-order valence-corrected chi connectivity index (χ0v) is 12.6. The van der Waals surface area contributed by atoms with Gasteiger partial charge in [0.2, 0.25) is 0 Å². The molecule has 20 heavy (non-hydrogen) atoms. The van der Waals surface area contributed by atoms with E-state index in [0.29, 0.717) is 13.2 Å². The number of ether oxygens (including phenoxy) is 1. The Hall–Kier alpha value is -1.10. The van der Waals surface area contributed by atoms with E-state index >= 15 is 0 Å². The zero-order chi connectivity index (χ0) is 14.8. The average Bonchev–Trinajstić information content (AvgIpc) is 2.42. The van der Waals surface area contributed by atoms with Crippen molar-refractivity contribution in [1.82, 2.24) is 5.32 Å². The highest BCUT2D eigenvalue weighted by Gasteiger charge is 2.08. The number of unbranched alkanes of at least 4 members (excludes halogenated alkanes) is 2. The van der Waals surface area contributed by atoms with Gasteiger partial charge in [-0.05, 0) is 50.8 Å². The minimum atomic E-state index is -0.508. The summed E-state index contributed by atoms with van der Waals surface area (Å²) in [6.45, 7) is 5.97. The monoisotopic (exact) mass is 281 g/mol. The lowest BCUT2D eigenvalue weighted by Crippen LogP contribution is -2.32. The summed E-state index contributed by atoms with van der Waals surface area (Å²) in [6.07, 6.45) is 2.37. The molecule has 0 aliphatic rings. The topological polar surface area (TPSA) is 61.7 Å². The summed E-state index contributed by atoms with van der Waals surface area (Å²) in [5.41, 5.74) is 2.18. The lowest BCUT2D eigenvalue weighted by atomic mass is 10.1. The van der Waals surface area contributed by atoms with E-state index in [4.69, 9.17) is 9.84 Å². The van der Waals surface area contributed by atoms with Crippen LogP contribution in [-0.2, 0) is 0 Å². The van der Waals surface area contributed by atoms with Crippen LogP contribution in [0, 0.1) is 13.8 Å². The summed E-state index contributed by atoms with van der Waals surface area (Å²) >= 11 is 0. The van der Waals surface area contributed by atoms with Crippen molar-refractivity contribution in [3.05, 3.63) is 29.3 Å². The molecule has 0 heterocycles. The third kappa shape index (κ3) is 6.37. The van der Waals surface area contributed by atoms with E-state index in [9.17, 15) is 5.11 Å². The van der Waals surface area contributed by atoms with Crippen LogP contribution in [0.3, 0.4) is 0 Å². The summed E-state index contributed by atoms with van der Waals surface area (Å²) in [6, 6.07) is 6.02. The summed E-state index contributed by atoms with van der Waals surface area (Å²) in [7, 11) is 0. The van der Waals surface area contributed by atoms with Gasteiger partial charge in [0.05, 0.1) is 0 Å². The van der Waals surface area contributed by atoms with Crippen LogP contribution in [0.15, 0.2) is 18.2 Å². The van der Waals surface area contributed by atoms with E-state index in [1.54, 1.807) is 0 Å². The Morgan fingerprint density at radius 1 is 1.15 bits per heavy atom. The SMILES string of the molecule is Cc1cccc(C)c1OCC(O)CNCCCCCO. The van der Waals surface area contributed by atoms with Crippen molar-refractivity contribution in [3.8, 4) is 5.75 Å². The first-order valence-corrected chi connectivity index (χ1v) is 7.33. The Kier molecular flexibility index (Phi) is 8.26. The molecule has 0 aromatic heterocycles. The molecule has 0 fully saturated rings. The van der Waals surface area contributed by atoms with Crippen molar-refractivity contribution in [2.24, 2.45) is 0 Å². The Balaban J connectivity index is 2.18. The first-order valence-electron chi connectivity index (χ1n) is 7.33. The standard InChI is InChI=1S/C16H27NO3/c1-13-7-6-8-14(2)16(13)20-12-15(19)11-17-9-4-3-5-10-18/h6-8,15,17-19H,3-5,9-12H2,1-2H3. The van der Waals surface area contributed by atoms with Crippen molar-refractivity contribution in [2.45, 2.75) is 39.2 Å². The molecule has 114 valence electrons. The van der Waals surface area contributed by atoms with Gasteiger partial charge in [0.1, 0.15) is 18.5 Å². The summed E-state index contributed by atoms with van der Waals surface area (Å²) in [5.74, 6) is 0.870. The minimum absolute atomic E-state index is 0.256. The molecule has 1 unspecified atom stereocenters. The van der Waals surface area contributed by atoms with Gasteiger partial charge in [-0.15, -0.1) is 0 Å². The van der Waals surface area contributed by atoms with Crippen LogP contribution in [0.1, 0.15) is 30.4 Å². The predicted molar refractivity (Wildman–Crippen MR) is 81.2 cm³/mol. The van der Waals surface area contributed by atoms with Crippen LogP contribution in [0.2, 0.25) is 0 Å². The molecular weight excluding hydrogens is 254 g/mol. The first kappa shape index (κ1) is 17.0. The highest BCUT2D eigenvalue weighted by atomic mass is 16.5. The van der Waals surface area contributed by atoms with E-state index in [2.05, 4.69) is 5.32 Å². The highest BCUT2D eigenvalue weighted by Crippen LogP contribution is 2.22. The molecule has 1 atom stereocenters. The molecule has 0 radical (unpaired) electrons. The van der Waals surface area contributed by atoms with Gasteiger partial charge in [0.25, 0.3) is 0 Å². The van der Waals surface area contributed by atoms with Crippen LogP contribution in [0.4, 0.5) is 0 Å². The lowest BCUT2D eigenvalue weighted by molar-refractivity contribution is 0.105. The molecule has 4 nitrogen and oxygen atoms in total. The molecule has 0 amide bonds. The fourth-order valence-corrected chi connectivity index (χ4v) is 2.07. The highest BCUT2D eigenvalue weighted by molar-refractivity contribution is 5.39. The number of aliphatic hydroxyl groups excluding tert-OH is 2. The van der Waals surface area contributed by atoms with Crippen molar-refractivity contribution in [3.63, 3.8) is 0 Å². The fraction of sp³-hybridized carbons (Fsp3) is 0.625. The molecule has 1 rings (SSSR count). The van der Waals surface area contributed by atoms with Gasteiger partial charge in [0, 0.05) is 13.2 Å². The Morgan fingerprint density at radius 2 is 1.85 bits per heavy atom. The van der Waals surface area contributed by atoms with Crippen molar-refractivity contribution in [1.29, 1.82) is 0 Å². The Labute approximate surface area is 121 Å². The second-order valence-electron chi connectivity index (χ2n) is 5.17. The summed E-state index contributed by atoms with van der Waals surface area (Å²) in [4.78, 5) is 0. The van der Waals surface area contributed by atoms with Gasteiger partial charge < -0.3 is 20.3 Å². The third-order valence-corrected chi connectivity index (χ3v) is 3.22. The Bertz CT molecular complexity index is 362. The molecule has 4 heteroatoms. The predicted octanol–water partition coefficient (Wildman–Crippen LogP) is 1.80. The number of hydrogen-bond donors (Lipinski definition) is 3. The van der Waals surface area contributed by atoms with Crippen molar-refractivity contribution >= 4 is 0 Å². The molecule has 3 N–H and O–H groups in total. The van der Waals surface area contributed by atoms with Gasteiger partial charge >= 0.3 is 0 Å². The largest absolute Gasteiger partial charge is 0.490 e. The van der Waals surface area contributed by atoms with E-state index in [-0.39, 0.29) is 6.61 Å². The zero-order valence-electron chi connectivity index (χ0n) is 12.6. The maximum Gasteiger partial charge on any atom is 0.125 e. The number of benzene rings is 1. The van der Waals surface area contributed by atoms with Gasteiger partial charge in [-0.2, -0.15) is 0 Å². The van der Waals surface area contributed by atoms with Crippen LogP contribution >= 0.6 is 0 Å². The van der Waals surface area contributed by atoms with Crippen molar-refractivity contribution in [2.75, 3.05) is 26.3 Å². The van der Waals surface area contributed by atoms with Crippen molar-refractivity contribution < 1.29 is 14.9 Å². The van der Waals surface area contributed by atoms with Gasteiger partial charge in [0.15, 0.2) is 0 Å². The molecule has 1 aromatic rings. The molecule has 0 aliphatic carbocycles. The van der Waals surface area contributed by atoms with Gasteiger partial charge in [-0.3, -0.25) is 0 Å². The number of aliphatic hydroxyl groups is 2.